The van der Waals surface area contributed by atoms with Crippen molar-refractivity contribution in [1.29, 1.82) is 0 Å². The molecule has 12 nitrogen and oxygen atoms in total. The molecule has 0 amide bonds. The fraction of sp³-hybridized carbons (Fsp3) is 0.740. The van der Waals surface area contributed by atoms with E-state index in [9.17, 15) is 33.8 Å². The van der Waals surface area contributed by atoms with Crippen LogP contribution in [0, 0.1) is 0 Å². The normalized spacial score (nSPS) is 14.3. The van der Waals surface area contributed by atoms with E-state index < -0.39 is 62.4 Å². The van der Waals surface area contributed by atoms with Crippen LogP contribution in [0.3, 0.4) is 0 Å². The molecule has 0 heterocycles. The summed E-state index contributed by atoms with van der Waals surface area (Å²) in [6.45, 7) is 3.25. The fourth-order valence-electron chi connectivity index (χ4n) is 6.68. The van der Waals surface area contributed by atoms with Gasteiger partial charge in [-0.25, -0.2) is 4.57 Å². The lowest BCUT2D eigenvalue weighted by Gasteiger charge is -2.23. The van der Waals surface area contributed by atoms with Gasteiger partial charge in [-0.05, 0) is 64.2 Å². The minimum atomic E-state index is -4.92. The quantitative estimate of drug-likeness (QED) is 0.0127. The van der Waals surface area contributed by atoms with E-state index in [0.717, 1.165) is 32.1 Å². The first kappa shape index (κ1) is 61.5. The number of phosphoric acid groups is 1. The fourth-order valence-corrected chi connectivity index (χ4v) is 8.16. The maximum atomic E-state index is 13.0. The second kappa shape index (κ2) is 44.3. The van der Waals surface area contributed by atoms with Crippen LogP contribution in [0.4, 0.5) is 0 Å². The Kier molecular flexibility index (Phi) is 42.6. The predicted molar refractivity (Wildman–Crippen MR) is 263 cm³/mol. The highest BCUT2D eigenvalue weighted by atomic mass is 32.2. The number of carboxylic acids is 1. The number of nitrogens with two attached hydrogens (primary N) is 1. The van der Waals surface area contributed by atoms with Crippen LogP contribution in [0.25, 0.3) is 0 Å². The molecule has 370 valence electrons. The van der Waals surface area contributed by atoms with Gasteiger partial charge in [0.05, 0.1) is 12.7 Å². The number of hydrogen-bond donors (Lipinski definition) is 5. The Morgan fingerprint density at radius 1 is 0.641 bits per heavy atom. The molecule has 0 aromatic carbocycles. The molecular formula is C50H88NO11PS. The third-order valence-electron chi connectivity index (χ3n) is 10.5. The summed E-state index contributed by atoms with van der Waals surface area (Å²) in [4.78, 5) is 55.0. The second-order valence-corrected chi connectivity index (χ2v) is 19.1. The van der Waals surface area contributed by atoms with Gasteiger partial charge in [0.25, 0.3) is 0 Å². The molecule has 0 rings (SSSR count). The molecule has 0 aliphatic carbocycles. The van der Waals surface area contributed by atoms with Crippen LogP contribution < -0.4 is 5.73 Å². The molecule has 0 saturated carbocycles. The Balaban J connectivity index is 4.63. The number of ether oxygens (including phenoxy) is 2. The maximum absolute atomic E-state index is 13.0. The minimum absolute atomic E-state index is 0.00137. The van der Waals surface area contributed by atoms with Crippen LogP contribution in [0.1, 0.15) is 194 Å². The van der Waals surface area contributed by atoms with Gasteiger partial charge in [-0.3, -0.25) is 18.9 Å². The zero-order valence-corrected chi connectivity index (χ0v) is 41.3. The van der Waals surface area contributed by atoms with Crippen molar-refractivity contribution in [2.45, 2.75) is 217 Å². The number of carbonyl (C=O) groups is 3. The summed E-state index contributed by atoms with van der Waals surface area (Å²) in [6, 6.07) is -1.20. The number of unbranched alkanes of at least 4 members (excludes halogenated alkanes) is 20. The summed E-state index contributed by atoms with van der Waals surface area (Å²) in [6.07, 6.45) is 47.0. The highest BCUT2D eigenvalue weighted by Gasteiger charge is 2.27. The number of thioether (sulfide) groups is 1. The van der Waals surface area contributed by atoms with Crippen LogP contribution in [0.5, 0.6) is 0 Å². The number of phosphoric ester groups is 1. The molecule has 0 spiro atoms. The summed E-state index contributed by atoms with van der Waals surface area (Å²) in [5.41, 5.74) is 6.14. The van der Waals surface area contributed by atoms with E-state index in [-0.39, 0.29) is 31.4 Å². The molecule has 0 unspecified atom stereocenters. The Labute approximate surface area is 391 Å². The lowest BCUT2D eigenvalue weighted by atomic mass is 10.0. The van der Waals surface area contributed by atoms with Gasteiger partial charge in [0.15, 0.2) is 6.10 Å². The Bertz CT molecular complexity index is 1350. The van der Waals surface area contributed by atoms with Crippen LogP contribution in [-0.4, -0.2) is 80.4 Å². The Hall–Kier alpha value is -2.51. The first-order valence-electron chi connectivity index (χ1n) is 24.5. The van der Waals surface area contributed by atoms with Gasteiger partial charge in [-0.1, -0.05) is 177 Å². The second-order valence-electron chi connectivity index (χ2n) is 16.6. The lowest BCUT2D eigenvalue weighted by Crippen LogP contribution is -2.40. The number of rotatable bonds is 45. The van der Waals surface area contributed by atoms with Crippen molar-refractivity contribution >= 4 is 37.5 Å². The molecular weight excluding hydrogens is 854 g/mol. The van der Waals surface area contributed by atoms with Crippen molar-refractivity contribution in [1.82, 2.24) is 0 Å². The van der Waals surface area contributed by atoms with Gasteiger partial charge in [-0.2, -0.15) is 0 Å². The minimum Gasteiger partial charge on any atom is -0.481 e. The number of aliphatic carboxylic acids is 1. The van der Waals surface area contributed by atoms with Gasteiger partial charge >= 0.3 is 25.7 Å². The number of aliphatic hydroxyl groups is 1. The summed E-state index contributed by atoms with van der Waals surface area (Å²) >= 11 is 1.18. The standard InChI is InChI=1S/C50H88NO11PS/c1-3-5-7-9-11-13-15-17-18-19-20-21-22-23-24-25-27-29-31-33-35-40-49(55)60-41-44(42-61-63(57,58)59)62-50(56)45(51)43-64-47(46(52)37-36-39-48(53)54)38-34-32-30-28-26-16-14-12-10-8-6-4-2/h12,14,17-18,26,28,30,32,34,38,44-47,52H,3-11,13,15-16,19-25,27,29,31,33,35-37,39-43,51H2,1-2H3,(H,53,54)(H2,57,58,59)/b14-12-,18-17-,28-26-,32-30+,38-34+/t44-,45+,46+,47-/m1/s1. The van der Waals surface area contributed by atoms with E-state index in [1.807, 2.05) is 24.3 Å². The highest BCUT2D eigenvalue weighted by Crippen LogP contribution is 2.36. The van der Waals surface area contributed by atoms with Crippen LogP contribution in [0.2, 0.25) is 0 Å². The van der Waals surface area contributed by atoms with Gasteiger partial charge in [-0.15, -0.1) is 11.8 Å². The number of aliphatic hydroxyl groups excluding tert-OH is 1. The molecule has 0 aliphatic heterocycles. The average molecular weight is 942 g/mol. The van der Waals surface area contributed by atoms with Crippen LogP contribution in [-0.2, 0) is 32.9 Å². The number of allylic oxidation sites excluding steroid dienone is 9. The van der Waals surface area contributed by atoms with E-state index in [0.29, 0.717) is 6.42 Å². The Morgan fingerprint density at radius 2 is 1.16 bits per heavy atom. The lowest BCUT2D eigenvalue weighted by molar-refractivity contribution is -0.161. The van der Waals surface area contributed by atoms with Crippen molar-refractivity contribution in [3.63, 3.8) is 0 Å². The van der Waals surface area contributed by atoms with Crippen LogP contribution in [0.15, 0.2) is 60.8 Å². The molecule has 0 radical (unpaired) electrons. The number of hydrogen-bond acceptors (Lipinski definition) is 10. The third-order valence-corrected chi connectivity index (χ3v) is 12.4. The number of esters is 2. The first-order valence-corrected chi connectivity index (χ1v) is 27.1. The SMILES string of the molecule is CCCCC/C=C\C\C=C/C=C/C=C/[C@@H](SC[C@H](N)C(=O)O[C@H](COC(=O)CCCCCCCCCCCCC/C=C\CCCCCCCC)COP(=O)(O)O)[C@@H](O)CCCC(=O)O. The smallest absolute Gasteiger partial charge is 0.469 e. The van der Waals surface area contributed by atoms with Gasteiger partial charge < -0.3 is 35.2 Å². The summed E-state index contributed by atoms with van der Waals surface area (Å²) in [5.74, 6) is -2.38. The molecule has 14 heteroatoms. The summed E-state index contributed by atoms with van der Waals surface area (Å²) in [7, 11) is -4.92. The molecule has 0 saturated heterocycles. The first-order chi connectivity index (χ1) is 30.9. The molecule has 4 atom stereocenters. The monoisotopic (exact) mass is 942 g/mol. The highest BCUT2D eigenvalue weighted by molar-refractivity contribution is 8.00. The maximum Gasteiger partial charge on any atom is 0.469 e. The van der Waals surface area contributed by atoms with Crippen molar-refractivity contribution in [3.05, 3.63) is 60.8 Å². The van der Waals surface area contributed by atoms with Crippen molar-refractivity contribution < 1.29 is 52.9 Å². The molecule has 0 aromatic heterocycles. The van der Waals surface area contributed by atoms with E-state index in [1.54, 1.807) is 12.2 Å². The van der Waals surface area contributed by atoms with Crippen molar-refractivity contribution in [3.8, 4) is 0 Å². The Morgan fingerprint density at radius 3 is 1.73 bits per heavy atom. The molecule has 0 aromatic rings. The summed E-state index contributed by atoms with van der Waals surface area (Å²) in [5, 5.41) is 19.4. The van der Waals surface area contributed by atoms with Gasteiger partial charge in [0.1, 0.15) is 12.6 Å². The molecule has 0 aliphatic rings. The van der Waals surface area contributed by atoms with Gasteiger partial charge in [0, 0.05) is 23.8 Å². The summed E-state index contributed by atoms with van der Waals surface area (Å²) < 4.78 is 26.6. The van der Waals surface area contributed by atoms with E-state index in [1.165, 1.54) is 127 Å². The number of carboxylic acid groups (broad SMARTS) is 1. The molecule has 0 bridgehead atoms. The van der Waals surface area contributed by atoms with E-state index in [4.69, 9.17) is 20.3 Å². The molecule has 0 fully saturated rings. The predicted octanol–water partition coefficient (Wildman–Crippen LogP) is 12.2. The largest absolute Gasteiger partial charge is 0.481 e. The topological polar surface area (TPSA) is 203 Å². The number of carbonyl (C=O) groups excluding carboxylic acids is 2. The zero-order chi connectivity index (χ0) is 47.4. The third kappa shape index (κ3) is 43.4. The average Bonchev–Trinajstić information content (AvgIpc) is 3.25. The molecule has 6 N–H and O–H groups in total. The van der Waals surface area contributed by atoms with Gasteiger partial charge in [0.2, 0.25) is 0 Å². The van der Waals surface area contributed by atoms with E-state index >= 15 is 0 Å². The van der Waals surface area contributed by atoms with Crippen LogP contribution >= 0.6 is 19.6 Å². The van der Waals surface area contributed by atoms with Crippen molar-refractivity contribution in [2.75, 3.05) is 19.0 Å². The molecule has 64 heavy (non-hydrogen) atoms. The van der Waals surface area contributed by atoms with E-state index in [2.05, 4.69) is 42.7 Å². The zero-order valence-electron chi connectivity index (χ0n) is 39.6. The van der Waals surface area contributed by atoms with Crippen molar-refractivity contribution in [2.24, 2.45) is 5.73 Å².